The molecule has 0 aliphatic carbocycles. The molecule has 0 spiro atoms. The second kappa shape index (κ2) is 3.73. The summed E-state index contributed by atoms with van der Waals surface area (Å²) >= 11 is 0. The molecular formula is C13H12N2O2. The second-order valence-electron chi connectivity index (χ2n) is 4.06. The van der Waals surface area contributed by atoms with Crippen molar-refractivity contribution < 1.29 is 9.53 Å². The molecule has 0 radical (unpaired) electrons. The number of para-hydroxylation sites is 1. The maximum atomic E-state index is 12.3. The van der Waals surface area contributed by atoms with Gasteiger partial charge in [-0.3, -0.25) is 9.48 Å². The van der Waals surface area contributed by atoms with E-state index in [0.717, 1.165) is 17.7 Å². The number of ketones is 1. The minimum atomic E-state index is -0.0382. The Balaban J connectivity index is 2.09. The van der Waals surface area contributed by atoms with Crippen LogP contribution in [0, 0.1) is 0 Å². The number of carbonyl (C=O) groups is 1. The van der Waals surface area contributed by atoms with Gasteiger partial charge in [-0.2, -0.15) is 5.10 Å². The number of ether oxygens (including phenoxy) is 1. The van der Waals surface area contributed by atoms with Crippen LogP contribution in [0.4, 0.5) is 0 Å². The fourth-order valence-corrected chi connectivity index (χ4v) is 2.13. The standard InChI is InChI=1S/C13H12N2O2/c1-15-11(5-7-14-15)12(16)10-4-2-3-9-6-8-17-13(9)10/h2-5,7H,6,8H2,1H3. The van der Waals surface area contributed by atoms with Crippen molar-refractivity contribution >= 4 is 5.78 Å². The van der Waals surface area contributed by atoms with Gasteiger partial charge in [-0.25, -0.2) is 0 Å². The Hall–Kier alpha value is -2.10. The van der Waals surface area contributed by atoms with Crippen LogP contribution in [-0.2, 0) is 13.5 Å². The van der Waals surface area contributed by atoms with E-state index < -0.39 is 0 Å². The number of nitrogens with zero attached hydrogens (tertiary/aromatic N) is 2. The second-order valence-corrected chi connectivity index (χ2v) is 4.06. The minimum absolute atomic E-state index is 0.0382. The zero-order valence-electron chi connectivity index (χ0n) is 9.51. The Bertz CT molecular complexity index is 587. The first-order chi connectivity index (χ1) is 8.27. The highest BCUT2D eigenvalue weighted by Gasteiger charge is 2.22. The van der Waals surface area contributed by atoms with Crippen molar-refractivity contribution in [2.75, 3.05) is 6.61 Å². The maximum Gasteiger partial charge on any atom is 0.214 e. The van der Waals surface area contributed by atoms with Crippen molar-refractivity contribution in [2.45, 2.75) is 6.42 Å². The molecule has 0 saturated heterocycles. The SMILES string of the molecule is Cn1nccc1C(=O)c1cccc2c1OCC2. The summed E-state index contributed by atoms with van der Waals surface area (Å²) in [6.45, 7) is 0.658. The molecule has 0 N–H and O–H groups in total. The number of hydrogen-bond acceptors (Lipinski definition) is 3. The van der Waals surface area contributed by atoms with E-state index in [-0.39, 0.29) is 5.78 Å². The molecule has 0 bridgehead atoms. The van der Waals surface area contributed by atoms with E-state index in [2.05, 4.69) is 5.10 Å². The Morgan fingerprint density at radius 1 is 1.41 bits per heavy atom. The Morgan fingerprint density at radius 3 is 3.06 bits per heavy atom. The number of benzene rings is 1. The van der Waals surface area contributed by atoms with Gasteiger partial charge in [0.15, 0.2) is 0 Å². The first-order valence-corrected chi connectivity index (χ1v) is 5.55. The lowest BCUT2D eigenvalue weighted by molar-refractivity contribution is 0.102. The van der Waals surface area contributed by atoms with Crippen LogP contribution >= 0.6 is 0 Å². The van der Waals surface area contributed by atoms with Crippen LogP contribution in [0.3, 0.4) is 0 Å². The smallest absolute Gasteiger partial charge is 0.214 e. The van der Waals surface area contributed by atoms with Crippen molar-refractivity contribution in [3.8, 4) is 5.75 Å². The predicted molar refractivity (Wildman–Crippen MR) is 62.3 cm³/mol. The summed E-state index contributed by atoms with van der Waals surface area (Å²) in [6.07, 6.45) is 2.50. The van der Waals surface area contributed by atoms with Gasteiger partial charge in [0.2, 0.25) is 5.78 Å². The lowest BCUT2D eigenvalue weighted by Gasteiger charge is -2.06. The number of fused-ring (bicyclic) bond motifs is 1. The quantitative estimate of drug-likeness (QED) is 0.733. The molecule has 1 aromatic heterocycles. The van der Waals surface area contributed by atoms with Gasteiger partial charge in [-0.15, -0.1) is 0 Å². The van der Waals surface area contributed by atoms with E-state index >= 15 is 0 Å². The molecule has 4 nitrogen and oxygen atoms in total. The number of aromatic nitrogens is 2. The molecule has 2 aromatic rings. The molecule has 1 aromatic carbocycles. The van der Waals surface area contributed by atoms with Gasteiger partial charge in [-0.1, -0.05) is 12.1 Å². The fraction of sp³-hybridized carbons (Fsp3) is 0.231. The lowest BCUT2D eigenvalue weighted by Crippen LogP contribution is -2.09. The van der Waals surface area contributed by atoms with Crippen LogP contribution in [-0.4, -0.2) is 22.2 Å². The van der Waals surface area contributed by atoms with E-state index in [4.69, 9.17) is 4.74 Å². The van der Waals surface area contributed by atoms with Crippen LogP contribution < -0.4 is 4.74 Å². The molecule has 1 aliphatic rings. The molecule has 2 heterocycles. The Kier molecular flexibility index (Phi) is 2.21. The van der Waals surface area contributed by atoms with E-state index in [1.165, 1.54) is 0 Å². The van der Waals surface area contributed by atoms with Gasteiger partial charge in [-0.05, 0) is 17.7 Å². The van der Waals surface area contributed by atoms with Gasteiger partial charge in [0.05, 0.1) is 12.2 Å². The van der Waals surface area contributed by atoms with Crippen molar-refractivity contribution in [2.24, 2.45) is 7.05 Å². The van der Waals surface area contributed by atoms with Crippen molar-refractivity contribution in [3.05, 3.63) is 47.3 Å². The summed E-state index contributed by atoms with van der Waals surface area (Å²) in [4.78, 5) is 12.3. The third-order valence-corrected chi connectivity index (χ3v) is 3.01. The molecule has 0 atom stereocenters. The van der Waals surface area contributed by atoms with Crippen molar-refractivity contribution in [1.29, 1.82) is 0 Å². The van der Waals surface area contributed by atoms with E-state index in [1.807, 2.05) is 12.1 Å². The summed E-state index contributed by atoms with van der Waals surface area (Å²) in [5, 5.41) is 4.01. The third-order valence-electron chi connectivity index (χ3n) is 3.01. The summed E-state index contributed by atoms with van der Waals surface area (Å²) in [5.74, 6) is 0.697. The van der Waals surface area contributed by atoms with E-state index in [1.54, 1.807) is 30.1 Å². The van der Waals surface area contributed by atoms with E-state index in [9.17, 15) is 4.79 Å². The average Bonchev–Trinajstić information content (AvgIpc) is 2.95. The number of rotatable bonds is 2. The average molecular weight is 228 g/mol. The molecule has 4 heteroatoms. The molecule has 17 heavy (non-hydrogen) atoms. The molecular weight excluding hydrogens is 216 g/mol. The number of aryl methyl sites for hydroxylation is 1. The molecule has 0 amide bonds. The van der Waals surface area contributed by atoms with Crippen LogP contribution in [0.15, 0.2) is 30.5 Å². The third kappa shape index (κ3) is 1.53. The summed E-state index contributed by atoms with van der Waals surface area (Å²) in [5.41, 5.74) is 2.32. The molecule has 0 unspecified atom stereocenters. The highest BCUT2D eigenvalue weighted by Crippen LogP contribution is 2.30. The molecule has 86 valence electrons. The van der Waals surface area contributed by atoms with Crippen molar-refractivity contribution in [1.82, 2.24) is 9.78 Å². The lowest BCUT2D eigenvalue weighted by atomic mass is 10.0. The van der Waals surface area contributed by atoms with Gasteiger partial charge in [0.25, 0.3) is 0 Å². The summed E-state index contributed by atoms with van der Waals surface area (Å²) in [7, 11) is 1.76. The first kappa shape index (κ1) is 10.1. The van der Waals surface area contributed by atoms with Crippen LogP contribution in [0.5, 0.6) is 5.75 Å². The maximum absolute atomic E-state index is 12.3. The monoisotopic (exact) mass is 228 g/mol. The van der Waals surface area contributed by atoms with Gasteiger partial charge in [0, 0.05) is 19.7 Å². The van der Waals surface area contributed by atoms with Crippen LogP contribution in [0.1, 0.15) is 21.6 Å². The molecule has 1 aliphatic heterocycles. The highest BCUT2D eigenvalue weighted by atomic mass is 16.5. The zero-order chi connectivity index (χ0) is 11.8. The first-order valence-electron chi connectivity index (χ1n) is 5.55. The molecule has 3 rings (SSSR count). The number of hydrogen-bond donors (Lipinski definition) is 0. The predicted octanol–water partition coefficient (Wildman–Crippen LogP) is 1.59. The zero-order valence-corrected chi connectivity index (χ0v) is 9.51. The topological polar surface area (TPSA) is 44.1 Å². The molecule has 0 saturated carbocycles. The largest absolute Gasteiger partial charge is 0.492 e. The van der Waals surface area contributed by atoms with Gasteiger partial charge < -0.3 is 4.74 Å². The minimum Gasteiger partial charge on any atom is -0.492 e. The van der Waals surface area contributed by atoms with E-state index in [0.29, 0.717) is 17.9 Å². The fourth-order valence-electron chi connectivity index (χ4n) is 2.13. The number of carbonyl (C=O) groups excluding carboxylic acids is 1. The van der Waals surface area contributed by atoms with Gasteiger partial charge >= 0.3 is 0 Å². The van der Waals surface area contributed by atoms with Crippen LogP contribution in [0.25, 0.3) is 0 Å². The normalized spacial score (nSPS) is 13.2. The summed E-state index contributed by atoms with van der Waals surface area (Å²) < 4.78 is 7.12. The molecule has 0 fully saturated rings. The highest BCUT2D eigenvalue weighted by molar-refractivity contribution is 6.10. The van der Waals surface area contributed by atoms with Crippen LogP contribution in [0.2, 0.25) is 0 Å². The van der Waals surface area contributed by atoms with Crippen molar-refractivity contribution in [3.63, 3.8) is 0 Å². The Morgan fingerprint density at radius 2 is 2.29 bits per heavy atom. The summed E-state index contributed by atoms with van der Waals surface area (Å²) in [6, 6.07) is 7.43. The Labute approximate surface area is 98.8 Å². The van der Waals surface area contributed by atoms with Gasteiger partial charge in [0.1, 0.15) is 11.4 Å².